The van der Waals surface area contributed by atoms with Crippen LogP contribution in [-0.4, -0.2) is 27.1 Å². The summed E-state index contributed by atoms with van der Waals surface area (Å²) in [6, 6.07) is 10.7. The van der Waals surface area contributed by atoms with Crippen LogP contribution in [0.15, 0.2) is 42.5 Å². The van der Waals surface area contributed by atoms with Gasteiger partial charge >= 0.3 is 11.9 Å². The summed E-state index contributed by atoms with van der Waals surface area (Å²) in [6.07, 6.45) is 0. The van der Waals surface area contributed by atoms with E-state index >= 15 is 0 Å². The second-order valence-electron chi connectivity index (χ2n) is 4.08. The quantitative estimate of drug-likeness (QED) is 0.400. The molecule has 0 amide bonds. The minimum atomic E-state index is -0.934. The van der Waals surface area contributed by atoms with Crippen molar-refractivity contribution in [3.63, 3.8) is 0 Å². The largest absolute Gasteiger partial charge is 0.478 e. The average Bonchev–Trinajstić information content (AvgIpc) is 2.50. The fraction of sp³-hybridized carbons (Fsp3) is 0.176. The van der Waals surface area contributed by atoms with Crippen molar-refractivity contribution >= 4 is 57.7 Å². The van der Waals surface area contributed by atoms with Crippen LogP contribution in [0, 0.1) is 6.92 Å². The van der Waals surface area contributed by atoms with Gasteiger partial charge in [-0.1, -0.05) is 53.2 Å². The fourth-order valence-electron chi connectivity index (χ4n) is 1.46. The number of aromatic carboxylic acids is 2. The monoisotopic (exact) mass is 484 g/mol. The van der Waals surface area contributed by atoms with E-state index in [2.05, 4.69) is 22.6 Å². The fourth-order valence-corrected chi connectivity index (χ4v) is 1.81. The molecule has 2 rings (SSSR count). The number of hydrogen-bond acceptors (Lipinski definition) is 2. The topological polar surface area (TPSA) is 74.6 Å². The molecule has 132 valence electrons. The Morgan fingerprint density at radius 3 is 1.71 bits per heavy atom. The highest BCUT2D eigenvalue weighted by Crippen LogP contribution is 2.14. The van der Waals surface area contributed by atoms with Crippen molar-refractivity contribution in [2.75, 3.05) is 4.93 Å². The number of halogens is 3. The third-order valence-electron chi connectivity index (χ3n) is 2.51. The van der Waals surface area contributed by atoms with Gasteiger partial charge in [-0.15, -0.1) is 0 Å². The smallest absolute Gasteiger partial charge is 0.335 e. The maximum Gasteiger partial charge on any atom is 0.335 e. The van der Waals surface area contributed by atoms with Crippen LogP contribution in [0.4, 0.5) is 0 Å². The minimum Gasteiger partial charge on any atom is -0.478 e. The number of carboxylic acids is 2. The molecule has 0 heterocycles. The molecule has 7 heteroatoms. The standard InChI is InChI=1S/C8H7ClO2.C7H5ClO2.CH3I.CH4/c1-5-4-6(9)2-3-7(5)8(10)11;8-6-3-1-5(2-4-6)7(9)10;1-2;/h2-4H,1H3,(H,10,11);1-4H,(H,9,10);1H3;1H4. The number of alkyl halides is 1. The molecule has 2 aromatic carbocycles. The van der Waals surface area contributed by atoms with E-state index in [1.54, 1.807) is 31.2 Å². The SMILES string of the molecule is C.CI.Cc1cc(Cl)ccc1C(=O)O.O=C(O)c1ccc(Cl)cc1. The van der Waals surface area contributed by atoms with Gasteiger partial charge in [0.05, 0.1) is 11.1 Å². The van der Waals surface area contributed by atoms with Crippen molar-refractivity contribution in [2.45, 2.75) is 14.4 Å². The Morgan fingerprint density at radius 2 is 1.33 bits per heavy atom. The van der Waals surface area contributed by atoms with Gasteiger partial charge in [-0.05, 0) is 59.9 Å². The summed E-state index contributed by atoms with van der Waals surface area (Å²) in [5.74, 6) is -1.85. The highest BCUT2D eigenvalue weighted by Gasteiger charge is 2.05. The first-order valence-electron chi connectivity index (χ1n) is 6.17. The van der Waals surface area contributed by atoms with Crippen LogP contribution in [0.2, 0.25) is 10.0 Å². The van der Waals surface area contributed by atoms with E-state index in [1.165, 1.54) is 18.2 Å². The zero-order chi connectivity index (χ0) is 18.0. The molecular weight excluding hydrogens is 466 g/mol. The summed E-state index contributed by atoms with van der Waals surface area (Å²) in [5, 5.41) is 18.2. The number of carbonyl (C=O) groups is 2. The van der Waals surface area contributed by atoms with Crippen LogP contribution in [-0.2, 0) is 0 Å². The number of hydrogen-bond donors (Lipinski definition) is 2. The molecule has 0 unspecified atom stereocenters. The Morgan fingerprint density at radius 1 is 0.875 bits per heavy atom. The van der Waals surface area contributed by atoms with Gasteiger partial charge in [0.1, 0.15) is 0 Å². The molecule has 4 nitrogen and oxygen atoms in total. The molecule has 24 heavy (non-hydrogen) atoms. The van der Waals surface area contributed by atoms with Gasteiger partial charge in [0, 0.05) is 10.0 Å². The lowest BCUT2D eigenvalue weighted by atomic mass is 10.1. The van der Waals surface area contributed by atoms with Crippen molar-refractivity contribution in [1.82, 2.24) is 0 Å². The summed E-state index contributed by atoms with van der Waals surface area (Å²) in [4.78, 5) is 22.7. The van der Waals surface area contributed by atoms with Crippen molar-refractivity contribution < 1.29 is 19.8 Å². The van der Waals surface area contributed by atoms with E-state index in [4.69, 9.17) is 33.4 Å². The lowest BCUT2D eigenvalue weighted by Gasteiger charge is -1.98. The molecule has 0 spiro atoms. The number of carboxylic acid groups (broad SMARTS) is 2. The molecule has 0 saturated carbocycles. The normalized spacial score (nSPS) is 8.54. The van der Waals surface area contributed by atoms with Crippen molar-refractivity contribution in [1.29, 1.82) is 0 Å². The summed E-state index contributed by atoms with van der Waals surface area (Å²) in [6.45, 7) is 1.72. The van der Waals surface area contributed by atoms with Gasteiger partial charge < -0.3 is 10.2 Å². The van der Waals surface area contributed by atoms with Gasteiger partial charge in [-0.25, -0.2) is 9.59 Å². The number of benzene rings is 2. The van der Waals surface area contributed by atoms with E-state index in [9.17, 15) is 9.59 Å². The molecule has 0 saturated heterocycles. The molecule has 0 aliphatic rings. The molecule has 0 aromatic heterocycles. The zero-order valence-electron chi connectivity index (χ0n) is 12.4. The maximum absolute atomic E-state index is 10.5. The molecule has 0 aliphatic carbocycles. The predicted molar refractivity (Wildman–Crippen MR) is 108 cm³/mol. The summed E-state index contributed by atoms with van der Waals surface area (Å²) >= 11 is 13.3. The molecule has 0 aliphatic heterocycles. The van der Waals surface area contributed by atoms with E-state index < -0.39 is 11.9 Å². The van der Waals surface area contributed by atoms with Gasteiger partial charge in [-0.3, -0.25) is 0 Å². The predicted octanol–water partition coefficient (Wildman–Crippen LogP) is 6.07. The van der Waals surface area contributed by atoms with Gasteiger partial charge in [0.25, 0.3) is 0 Å². The van der Waals surface area contributed by atoms with E-state index in [1.807, 2.05) is 4.93 Å². The maximum atomic E-state index is 10.5. The second kappa shape index (κ2) is 13.0. The Hall–Kier alpha value is -1.31. The minimum absolute atomic E-state index is 0. The third kappa shape index (κ3) is 9.10. The Kier molecular flexibility index (Phi) is 13.5. The van der Waals surface area contributed by atoms with Crippen molar-refractivity contribution in [3.8, 4) is 0 Å². The van der Waals surface area contributed by atoms with Crippen LogP contribution in [0.25, 0.3) is 0 Å². The van der Waals surface area contributed by atoms with Gasteiger partial charge in [0.15, 0.2) is 0 Å². The first kappa shape index (κ1) is 24.9. The highest BCUT2D eigenvalue weighted by atomic mass is 127. The van der Waals surface area contributed by atoms with E-state index in [-0.39, 0.29) is 13.0 Å². The zero-order valence-corrected chi connectivity index (χ0v) is 16.1. The molecule has 2 N–H and O–H groups in total. The van der Waals surface area contributed by atoms with Gasteiger partial charge in [-0.2, -0.15) is 0 Å². The van der Waals surface area contributed by atoms with E-state index in [0.29, 0.717) is 21.2 Å². The Bertz CT molecular complexity index is 658. The lowest BCUT2D eigenvalue weighted by Crippen LogP contribution is -1.98. The molecular formula is C17H19Cl2IO4. The molecule has 2 aromatic rings. The van der Waals surface area contributed by atoms with Crippen LogP contribution >= 0.6 is 45.8 Å². The average molecular weight is 485 g/mol. The van der Waals surface area contributed by atoms with Crippen LogP contribution in [0.3, 0.4) is 0 Å². The molecule has 0 fully saturated rings. The summed E-state index contributed by atoms with van der Waals surface area (Å²) in [5.41, 5.74) is 1.24. The first-order chi connectivity index (χ1) is 10.8. The number of rotatable bonds is 2. The second-order valence-corrected chi connectivity index (χ2v) is 4.95. The Labute approximate surface area is 165 Å². The molecule has 0 bridgehead atoms. The van der Waals surface area contributed by atoms with Gasteiger partial charge in [0.2, 0.25) is 0 Å². The lowest BCUT2D eigenvalue weighted by molar-refractivity contribution is 0.0685. The van der Waals surface area contributed by atoms with Crippen LogP contribution in [0.1, 0.15) is 33.7 Å². The summed E-state index contributed by atoms with van der Waals surface area (Å²) in [7, 11) is 0. The number of aryl methyl sites for hydroxylation is 1. The Balaban J connectivity index is 0. The third-order valence-corrected chi connectivity index (χ3v) is 3.00. The van der Waals surface area contributed by atoms with Crippen LogP contribution in [0.5, 0.6) is 0 Å². The first-order valence-corrected chi connectivity index (χ1v) is 9.08. The van der Waals surface area contributed by atoms with E-state index in [0.717, 1.165) is 0 Å². The van der Waals surface area contributed by atoms with Crippen molar-refractivity contribution in [2.24, 2.45) is 0 Å². The molecule has 0 atom stereocenters. The summed E-state index contributed by atoms with van der Waals surface area (Å²) < 4.78 is 0. The molecule has 0 radical (unpaired) electrons. The highest BCUT2D eigenvalue weighted by molar-refractivity contribution is 14.1. The van der Waals surface area contributed by atoms with Crippen molar-refractivity contribution in [3.05, 3.63) is 69.2 Å². The van der Waals surface area contributed by atoms with Crippen LogP contribution < -0.4 is 0 Å².